The Labute approximate surface area is 121 Å². The van der Waals surface area contributed by atoms with Gasteiger partial charge in [0.25, 0.3) is 5.91 Å². The van der Waals surface area contributed by atoms with Crippen LogP contribution in [0.2, 0.25) is 5.02 Å². The highest BCUT2D eigenvalue weighted by Gasteiger charge is 2.06. The molecule has 0 unspecified atom stereocenters. The molecule has 2 rings (SSSR count). The van der Waals surface area contributed by atoms with Gasteiger partial charge >= 0.3 is 0 Å². The molecule has 19 heavy (non-hydrogen) atoms. The van der Waals surface area contributed by atoms with E-state index in [0.29, 0.717) is 17.3 Å². The monoisotopic (exact) mass is 292 g/mol. The molecule has 0 spiro atoms. The number of hydrogen-bond acceptors (Lipinski definition) is 3. The van der Waals surface area contributed by atoms with Gasteiger partial charge in [0.05, 0.1) is 0 Å². The van der Waals surface area contributed by atoms with E-state index in [-0.39, 0.29) is 5.91 Å². The second kappa shape index (κ2) is 7.16. The molecule has 0 atom stereocenters. The fraction of sp³-hybridized carbons (Fsp3) is 0.143. The average molecular weight is 293 g/mol. The van der Waals surface area contributed by atoms with Crippen LogP contribution >= 0.6 is 23.4 Å². The van der Waals surface area contributed by atoms with Gasteiger partial charge in [-0.15, -0.1) is 11.8 Å². The largest absolute Gasteiger partial charge is 0.350 e. The molecule has 0 saturated carbocycles. The third-order valence-corrected chi connectivity index (χ3v) is 3.60. The Morgan fingerprint density at radius 1 is 1.26 bits per heavy atom. The lowest BCUT2D eigenvalue weighted by molar-refractivity contribution is 0.0951. The molecule has 3 nitrogen and oxygen atoms in total. The van der Waals surface area contributed by atoms with E-state index < -0.39 is 0 Å². The van der Waals surface area contributed by atoms with E-state index >= 15 is 0 Å². The summed E-state index contributed by atoms with van der Waals surface area (Å²) in [5.41, 5.74) is 0.345. The van der Waals surface area contributed by atoms with Crippen molar-refractivity contribution in [1.82, 2.24) is 10.3 Å². The minimum absolute atomic E-state index is 0.198. The predicted molar refractivity (Wildman–Crippen MR) is 78.7 cm³/mol. The highest BCUT2D eigenvalue weighted by Crippen LogP contribution is 2.15. The summed E-state index contributed by atoms with van der Waals surface area (Å²) in [4.78, 5) is 16.9. The SMILES string of the molecule is O=C(NCCSc1ccccc1)c1cc(Cl)ccn1. The van der Waals surface area contributed by atoms with E-state index in [2.05, 4.69) is 10.3 Å². The molecule has 0 saturated heterocycles. The molecule has 1 heterocycles. The third kappa shape index (κ3) is 4.58. The van der Waals surface area contributed by atoms with Crippen LogP contribution in [-0.2, 0) is 0 Å². The molecular weight excluding hydrogens is 280 g/mol. The first-order valence-electron chi connectivity index (χ1n) is 5.83. The lowest BCUT2D eigenvalue weighted by Gasteiger charge is -2.05. The molecule has 2 aromatic rings. The number of aromatic nitrogens is 1. The number of halogens is 1. The van der Waals surface area contributed by atoms with E-state index in [1.165, 1.54) is 11.1 Å². The number of thioether (sulfide) groups is 1. The maximum absolute atomic E-state index is 11.8. The zero-order valence-corrected chi connectivity index (χ0v) is 11.7. The Kier molecular flexibility index (Phi) is 5.24. The third-order valence-electron chi connectivity index (χ3n) is 2.35. The zero-order valence-electron chi connectivity index (χ0n) is 10.2. The fourth-order valence-corrected chi connectivity index (χ4v) is 2.42. The van der Waals surface area contributed by atoms with Crippen molar-refractivity contribution >= 4 is 29.3 Å². The number of hydrogen-bond donors (Lipinski definition) is 1. The van der Waals surface area contributed by atoms with Gasteiger partial charge in [-0.3, -0.25) is 9.78 Å². The molecule has 0 bridgehead atoms. The molecule has 0 aliphatic carbocycles. The Hall–Kier alpha value is -1.52. The van der Waals surface area contributed by atoms with Gasteiger partial charge in [-0.05, 0) is 24.3 Å². The summed E-state index contributed by atoms with van der Waals surface area (Å²) in [6, 6.07) is 13.3. The highest BCUT2D eigenvalue weighted by molar-refractivity contribution is 7.99. The molecule has 0 fully saturated rings. The minimum atomic E-state index is -0.198. The molecule has 0 radical (unpaired) electrons. The van der Waals surface area contributed by atoms with Gasteiger partial charge in [0.15, 0.2) is 0 Å². The van der Waals surface area contributed by atoms with Crippen LogP contribution in [0.1, 0.15) is 10.5 Å². The zero-order chi connectivity index (χ0) is 13.5. The van der Waals surface area contributed by atoms with Gasteiger partial charge in [-0.25, -0.2) is 0 Å². The lowest BCUT2D eigenvalue weighted by Crippen LogP contribution is -2.26. The number of benzene rings is 1. The maximum atomic E-state index is 11.8. The van der Waals surface area contributed by atoms with Crippen LogP contribution < -0.4 is 5.32 Å². The van der Waals surface area contributed by atoms with Gasteiger partial charge in [0.2, 0.25) is 0 Å². The Morgan fingerprint density at radius 2 is 2.05 bits per heavy atom. The van der Waals surface area contributed by atoms with Crippen molar-refractivity contribution in [3.8, 4) is 0 Å². The summed E-state index contributed by atoms with van der Waals surface area (Å²) in [5, 5.41) is 3.33. The molecule has 0 aliphatic rings. The number of rotatable bonds is 5. The Bertz CT molecular complexity index is 548. The van der Waals surface area contributed by atoms with E-state index in [4.69, 9.17) is 11.6 Å². The molecule has 0 aliphatic heterocycles. The predicted octanol–water partition coefficient (Wildman–Crippen LogP) is 3.26. The van der Waals surface area contributed by atoms with Crippen molar-refractivity contribution in [2.75, 3.05) is 12.3 Å². The highest BCUT2D eigenvalue weighted by atomic mass is 35.5. The number of nitrogens with zero attached hydrogens (tertiary/aromatic N) is 1. The Morgan fingerprint density at radius 3 is 2.79 bits per heavy atom. The van der Waals surface area contributed by atoms with Crippen LogP contribution in [0.5, 0.6) is 0 Å². The number of nitrogens with one attached hydrogen (secondary N) is 1. The van der Waals surface area contributed by atoms with E-state index in [1.54, 1.807) is 23.9 Å². The normalized spacial score (nSPS) is 10.2. The molecule has 1 aromatic heterocycles. The summed E-state index contributed by atoms with van der Waals surface area (Å²) in [5.74, 6) is 0.618. The van der Waals surface area contributed by atoms with Crippen LogP contribution in [0.25, 0.3) is 0 Å². The first kappa shape index (κ1) is 13.9. The first-order chi connectivity index (χ1) is 9.25. The first-order valence-corrected chi connectivity index (χ1v) is 7.19. The van der Waals surface area contributed by atoms with E-state index in [1.807, 2.05) is 30.3 Å². The number of amides is 1. The smallest absolute Gasteiger partial charge is 0.269 e. The van der Waals surface area contributed by atoms with Crippen molar-refractivity contribution in [1.29, 1.82) is 0 Å². The molecule has 1 amide bonds. The van der Waals surface area contributed by atoms with Gasteiger partial charge in [0, 0.05) is 28.4 Å². The quantitative estimate of drug-likeness (QED) is 0.679. The topological polar surface area (TPSA) is 42.0 Å². The van der Waals surface area contributed by atoms with Gasteiger partial charge in [0.1, 0.15) is 5.69 Å². The minimum Gasteiger partial charge on any atom is -0.350 e. The maximum Gasteiger partial charge on any atom is 0.269 e. The summed E-state index contributed by atoms with van der Waals surface area (Å²) in [6.07, 6.45) is 1.52. The van der Waals surface area contributed by atoms with Crippen LogP contribution in [-0.4, -0.2) is 23.2 Å². The van der Waals surface area contributed by atoms with Crippen LogP contribution in [0.4, 0.5) is 0 Å². The van der Waals surface area contributed by atoms with E-state index in [9.17, 15) is 4.79 Å². The summed E-state index contributed by atoms with van der Waals surface area (Å²) < 4.78 is 0. The number of carbonyl (C=O) groups is 1. The second-order valence-electron chi connectivity index (χ2n) is 3.78. The molecule has 5 heteroatoms. The summed E-state index contributed by atoms with van der Waals surface area (Å²) >= 11 is 7.51. The van der Waals surface area contributed by atoms with Gasteiger partial charge < -0.3 is 5.32 Å². The average Bonchev–Trinajstić information content (AvgIpc) is 2.44. The van der Waals surface area contributed by atoms with Crippen molar-refractivity contribution in [2.24, 2.45) is 0 Å². The Balaban J connectivity index is 1.75. The second-order valence-corrected chi connectivity index (χ2v) is 5.38. The van der Waals surface area contributed by atoms with Crippen LogP contribution in [0, 0.1) is 0 Å². The number of pyridine rings is 1. The van der Waals surface area contributed by atoms with Crippen molar-refractivity contribution in [3.63, 3.8) is 0 Å². The molecule has 98 valence electrons. The molecule has 1 aromatic carbocycles. The van der Waals surface area contributed by atoms with Gasteiger partial charge in [-0.2, -0.15) is 0 Å². The van der Waals surface area contributed by atoms with Gasteiger partial charge in [-0.1, -0.05) is 29.8 Å². The summed E-state index contributed by atoms with van der Waals surface area (Å²) in [6.45, 7) is 0.590. The fourth-order valence-electron chi connectivity index (χ4n) is 1.47. The van der Waals surface area contributed by atoms with Crippen molar-refractivity contribution in [2.45, 2.75) is 4.90 Å². The van der Waals surface area contributed by atoms with Crippen molar-refractivity contribution < 1.29 is 4.79 Å². The standard InChI is InChI=1S/C14H13ClN2OS/c15-11-6-7-16-13(10-11)14(18)17-8-9-19-12-4-2-1-3-5-12/h1-7,10H,8-9H2,(H,17,18). The van der Waals surface area contributed by atoms with E-state index in [0.717, 1.165) is 5.75 Å². The lowest BCUT2D eigenvalue weighted by atomic mass is 10.3. The van der Waals surface area contributed by atoms with Crippen molar-refractivity contribution in [3.05, 3.63) is 59.4 Å². The van der Waals surface area contributed by atoms with Crippen LogP contribution in [0.15, 0.2) is 53.6 Å². The molecular formula is C14H13ClN2OS. The number of carbonyl (C=O) groups excluding carboxylic acids is 1. The molecule has 1 N–H and O–H groups in total. The van der Waals surface area contributed by atoms with Crippen LogP contribution in [0.3, 0.4) is 0 Å². The summed E-state index contributed by atoms with van der Waals surface area (Å²) in [7, 11) is 0.